The van der Waals surface area contributed by atoms with Gasteiger partial charge in [0.15, 0.2) is 0 Å². The van der Waals surface area contributed by atoms with E-state index in [0.29, 0.717) is 12.6 Å². The maximum Gasteiger partial charge on any atom is 0.142 e. The Kier molecular flexibility index (Phi) is 4.48. The second kappa shape index (κ2) is 5.93. The Morgan fingerprint density at radius 2 is 2.11 bits per heavy atom. The van der Waals surface area contributed by atoms with Gasteiger partial charge in [-0.3, -0.25) is 0 Å². The third-order valence-corrected chi connectivity index (χ3v) is 3.67. The molecule has 1 aromatic rings. The van der Waals surface area contributed by atoms with Crippen LogP contribution in [-0.2, 0) is 0 Å². The van der Waals surface area contributed by atoms with E-state index in [1.807, 2.05) is 6.07 Å². The summed E-state index contributed by atoms with van der Waals surface area (Å²) in [5.74, 6) is -0.367. The van der Waals surface area contributed by atoms with Crippen LogP contribution in [0.3, 0.4) is 0 Å². The molecular weight excluding hydrogens is 263 g/mol. The van der Waals surface area contributed by atoms with Gasteiger partial charge in [-0.25, -0.2) is 4.39 Å². The lowest BCUT2D eigenvalue weighted by atomic mass is 9.94. The van der Waals surface area contributed by atoms with Crippen molar-refractivity contribution in [2.75, 3.05) is 6.54 Å². The molecule has 2 nitrogen and oxygen atoms in total. The average Bonchev–Trinajstić information content (AvgIpc) is 3.17. The van der Waals surface area contributed by atoms with E-state index in [9.17, 15) is 4.39 Å². The molecule has 1 atom stereocenters. The van der Waals surface area contributed by atoms with Crippen molar-refractivity contribution in [1.82, 2.24) is 5.32 Å². The molecule has 0 aromatic heterocycles. The predicted octanol–water partition coefficient (Wildman–Crippen LogP) is 3.57. The van der Waals surface area contributed by atoms with Gasteiger partial charge in [0.2, 0.25) is 0 Å². The number of halogens is 2. The van der Waals surface area contributed by atoms with E-state index in [4.69, 9.17) is 17.3 Å². The summed E-state index contributed by atoms with van der Waals surface area (Å²) in [5, 5.41) is 3.52. The van der Waals surface area contributed by atoms with E-state index >= 15 is 0 Å². The molecule has 3 N–H and O–H groups in total. The van der Waals surface area contributed by atoms with Crippen molar-refractivity contribution in [2.45, 2.75) is 38.6 Å². The van der Waals surface area contributed by atoms with E-state index in [2.05, 4.69) is 19.2 Å². The summed E-state index contributed by atoms with van der Waals surface area (Å²) < 4.78 is 13.6. The summed E-state index contributed by atoms with van der Waals surface area (Å²) in [4.78, 5) is 0. The Morgan fingerprint density at radius 3 is 2.63 bits per heavy atom. The molecule has 1 aliphatic rings. The number of allylic oxidation sites excluding steroid dienone is 1. The van der Waals surface area contributed by atoms with Crippen LogP contribution >= 0.6 is 11.6 Å². The van der Waals surface area contributed by atoms with Crippen LogP contribution in [0.4, 0.5) is 4.39 Å². The second-order valence-corrected chi connectivity index (χ2v) is 5.76. The number of rotatable bonds is 5. The first-order valence-corrected chi connectivity index (χ1v) is 7.02. The van der Waals surface area contributed by atoms with Crippen LogP contribution in [0.5, 0.6) is 0 Å². The van der Waals surface area contributed by atoms with Crippen LogP contribution in [0.1, 0.15) is 38.2 Å². The molecule has 2 rings (SSSR count). The van der Waals surface area contributed by atoms with Crippen molar-refractivity contribution in [2.24, 2.45) is 5.73 Å². The summed E-state index contributed by atoms with van der Waals surface area (Å²) in [6.07, 6.45) is 2.14. The third-order valence-electron chi connectivity index (χ3n) is 3.36. The quantitative estimate of drug-likeness (QED) is 0.866. The topological polar surface area (TPSA) is 38.0 Å². The molecule has 0 saturated heterocycles. The van der Waals surface area contributed by atoms with Crippen LogP contribution < -0.4 is 11.1 Å². The fourth-order valence-corrected chi connectivity index (χ4v) is 2.21. The molecule has 1 aromatic carbocycles. The molecule has 0 bridgehead atoms. The highest BCUT2D eigenvalue weighted by Crippen LogP contribution is 2.36. The number of benzene rings is 1. The highest BCUT2D eigenvalue weighted by molar-refractivity contribution is 6.30. The Morgan fingerprint density at radius 1 is 1.42 bits per heavy atom. The van der Waals surface area contributed by atoms with Gasteiger partial charge in [-0.15, -0.1) is 0 Å². The molecule has 1 saturated carbocycles. The monoisotopic (exact) mass is 282 g/mol. The van der Waals surface area contributed by atoms with Gasteiger partial charge in [0, 0.05) is 24.2 Å². The number of hydrogen-bond donors (Lipinski definition) is 2. The van der Waals surface area contributed by atoms with E-state index in [1.54, 1.807) is 6.07 Å². The zero-order valence-corrected chi connectivity index (χ0v) is 12.1. The van der Waals surface area contributed by atoms with Crippen molar-refractivity contribution in [1.29, 1.82) is 0 Å². The molecule has 19 heavy (non-hydrogen) atoms. The fourth-order valence-electron chi connectivity index (χ4n) is 2.09. The minimum atomic E-state index is -0.387. The Balaban J connectivity index is 2.25. The van der Waals surface area contributed by atoms with E-state index < -0.39 is 0 Å². The first-order valence-electron chi connectivity index (χ1n) is 6.64. The Hall–Kier alpha value is -1.06. The van der Waals surface area contributed by atoms with Crippen molar-refractivity contribution >= 4 is 11.6 Å². The van der Waals surface area contributed by atoms with Gasteiger partial charge in [-0.1, -0.05) is 37.1 Å². The molecule has 1 unspecified atom stereocenters. The van der Waals surface area contributed by atoms with Crippen LogP contribution in [0.15, 0.2) is 29.5 Å². The van der Waals surface area contributed by atoms with Gasteiger partial charge < -0.3 is 11.1 Å². The van der Waals surface area contributed by atoms with Gasteiger partial charge in [-0.2, -0.15) is 0 Å². The van der Waals surface area contributed by atoms with Crippen LogP contribution in [-0.4, -0.2) is 12.6 Å². The van der Waals surface area contributed by atoms with Crippen LogP contribution in [0.2, 0.25) is 5.02 Å². The molecule has 0 heterocycles. The van der Waals surface area contributed by atoms with Gasteiger partial charge in [0.25, 0.3) is 0 Å². The smallest absolute Gasteiger partial charge is 0.142 e. The summed E-state index contributed by atoms with van der Waals surface area (Å²) >= 11 is 5.73. The van der Waals surface area contributed by atoms with E-state index in [-0.39, 0.29) is 16.8 Å². The van der Waals surface area contributed by atoms with Gasteiger partial charge in [0.1, 0.15) is 5.82 Å². The van der Waals surface area contributed by atoms with Gasteiger partial charge >= 0.3 is 0 Å². The molecule has 0 spiro atoms. The molecule has 1 aliphatic carbocycles. The number of hydrogen-bond acceptors (Lipinski definition) is 2. The predicted molar refractivity (Wildman–Crippen MR) is 77.7 cm³/mol. The van der Waals surface area contributed by atoms with Gasteiger partial charge in [-0.05, 0) is 30.5 Å². The van der Waals surface area contributed by atoms with E-state index in [1.165, 1.54) is 11.6 Å². The molecule has 4 heteroatoms. The lowest BCUT2D eigenvalue weighted by molar-refractivity contribution is 0.552. The molecule has 1 fully saturated rings. The maximum atomic E-state index is 13.6. The lowest BCUT2D eigenvalue weighted by Crippen LogP contribution is -2.30. The average molecular weight is 283 g/mol. The van der Waals surface area contributed by atoms with Crippen LogP contribution in [0, 0.1) is 5.82 Å². The minimum Gasteiger partial charge on any atom is -0.402 e. The van der Waals surface area contributed by atoms with Crippen LogP contribution in [0.25, 0.3) is 0 Å². The fraction of sp³-hybridized carbons (Fsp3) is 0.467. The summed E-state index contributed by atoms with van der Waals surface area (Å²) in [6.45, 7) is 4.88. The Labute approximate surface area is 118 Å². The highest BCUT2D eigenvalue weighted by atomic mass is 35.5. The summed E-state index contributed by atoms with van der Waals surface area (Å²) in [7, 11) is 0. The maximum absolute atomic E-state index is 13.6. The normalized spacial score (nSPS) is 15.7. The van der Waals surface area contributed by atoms with Crippen molar-refractivity contribution in [3.63, 3.8) is 0 Å². The molecule has 104 valence electrons. The first kappa shape index (κ1) is 14.4. The number of nitrogens with two attached hydrogens (primary N) is 1. The highest BCUT2D eigenvalue weighted by Gasteiger charge is 2.24. The third kappa shape index (κ3) is 3.71. The van der Waals surface area contributed by atoms with Crippen molar-refractivity contribution in [3.8, 4) is 0 Å². The molecule has 0 amide bonds. The zero-order chi connectivity index (χ0) is 14.0. The number of nitrogens with one attached hydrogen (secondary N) is 1. The molecular formula is C15H20ClFN2. The molecule has 0 radical (unpaired) electrons. The SMILES string of the molecule is CC(C)NCC(C(N)=C1CC1)c1ccc(Cl)c(F)c1. The van der Waals surface area contributed by atoms with E-state index in [0.717, 1.165) is 24.1 Å². The zero-order valence-electron chi connectivity index (χ0n) is 11.3. The largest absolute Gasteiger partial charge is 0.402 e. The molecule has 0 aliphatic heterocycles. The minimum absolute atomic E-state index is 0.0201. The first-order chi connectivity index (χ1) is 8.99. The summed E-state index contributed by atoms with van der Waals surface area (Å²) in [6, 6.07) is 5.31. The summed E-state index contributed by atoms with van der Waals surface area (Å²) in [5.41, 5.74) is 9.28. The van der Waals surface area contributed by atoms with Gasteiger partial charge in [0.05, 0.1) is 5.02 Å². The lowest BCUT2D eigenvalue weighted by Gasteiger charge is -2.21. The standard InChI is InChI=1S/C15H20ClFN2/c1-9(2)19-8-12(15(18)10-3-4-10)11-5-6-13(16)14(17)7-11/h5-7,9,12,19H,3-4,8,18H2,1-2H3. The second-order valence-electron chi connectivity index (χ2n) is 5.35. The van der Waals surface area contributed by atoms with Crippen molar-refractivity contribution < 1.29 is 4.39 Å². The van der Waals surface area contributed by atoms with Crippen molar-refractivity contribution in [3.05, 3.63) is 45.9 Å². The Bertz CT molecular complexity index is 491.